The Hall–Kier alpha value is 6.82. The normalized spacial score (nSPS) is 0. The van der Waals surface area contributed by atoms with Crippen molar-refractivity contribution < 1.29 is 204 Å². The maximum atomic E-state index is 0. The first-order chi connectivity index (χ1) is 0. The van der Waals surface area contributed by atoms with Gasteiger partial charge >= 0.3 is 0 Å². The van der Waals surface area contributed by atoms with Crippen LogP contribution >= 0.6 is 0 Å². The fourth-order valence-corrected chi connectivity index (χ4v) is 0. The zero-order valence-corrected chi connectivity index (χ0v) is 20.8. The fourth-order valence-electron chi connectivity index (χ4n) is 0. The SMILES string of the molecule is [Ce].[Ce].[La].[Y].[Zr].[Zr]. The maximum Gasteiger partial charge on any atom is 0 e. The molecule has 0 heterocycles. The molecule has 0 amide bonds. The fraction of sp³-hybridized carbons (Fsp3) is 0. The van der Waals surface area contributed by atoms with Crippen LogP contribution in [0.15, 0.2) is 0 Å². The second kappa shape index (κ2) is 29.8. The van der Waals surface area contributed by atoms with Gasteiger partial charge in [-0.3, -0.25) is 0 Å². The molecule has 0 nitrogen and oxygen atoms in total. The molecular weight excluding hydrogens is 690 g/mol. The molecule has 0 aromatic rings. The smallest absolute Gasteiger partial charge is 0 e. The molecule has 0 spiro atoms. The van der Waals surface area contributed by atoms with Gasteiger partial charge in [0.05, 0.1) is 0 Å². The number of hydrogen-bond donors (Lipinski definition) is 0. The molecule has 0 fully saturated rings. The molecule has 0 aromatic carbocycles. The molecular formula is Ce2LaYZr2. The van der Waals surface area contributed by atoms with E-state index < -0.39 is 0 Å². The van der Waals surface area contributed by atoms with Crippen LogP contribution in [-0.4, -0.2) is 0 Å². The summed E-state index contributed by atoms with van der Waals surface area (Å²) in [6.07, 6.45) is 0. The van der Waals surface area contributed by atoms with E-state index in [9.17, 15) is 0 Å². The second-order valence-corrected chi connectivity index (χ2v) is 0. The van der Waals surface area contributed by atoms with E-state index in [1.54, 1.807) is 0 Å². The summed E-state index contributed by atoms with van der Waals surface area (Å²) in [4.78, 5) is 0. The van der Waals surface area contributed by atoms with Gasteiger partial charge in [-0.2, -0.15) is 0 Å². The Kier molecular flexibility index (Phi) is 191. The molecule has 0 aliphatic rings. The number of hydrogen-bond acceptors (Lipinski definition) is 0. The molecule has 0 unspecified atom stereocenters. The Morgan fingerprint density at radius 3 is 0.667 bits per heavy atom. The summed E-state index contributed by atoms with van der Waals surface area (Å²) in [6, 6.07) is 0. The van der Waals surface area contributed by atoms with Gasteiger partial charge in [-0.15, -0.1) is 0 Å². The van der Waals surface area contributed by atoms with Crippen molar-refractivity contribution in [1.82, 2.24) is 0 Å². The van der Waals surface area contributed by atoms with Crippen LogP contribution in [0.2, 0.25) is 0 Å². The minimum Gasteiger partial charge on any atom is 0 e. The standard InChI is InChI=1S/2Ce.La.Y.2Zr. The van der Waals surface area contributed by atoms with Crippen molar-refractivity contribution in [2.45, 2.75) is 0 Å². The second-order valence-electron chi connectivity index (χ2n) is 0. The van der Waals surface area contributed by atoms with Gasteiger partial charge in [0.1, 0.15) is 0 Å². The van der Waals surface area contributed by atoms with Gasteiger partial charge in [-0.25, -0.2) is 0 Å². The number of rotatable bonds is 0. The van der Waals surface area contributed by atoms with Crippen LogP contribution < -0.4 is 0 Å². The van der Waals surface area contributed by atoms with Crippen molar-refractivity contribution in [1.29, 1.82) is 0 Å². The quantitative estimate of drug-likeness (QED) is 0.336. The first kappa shape index (κ1) is 38.5. The summed E-state index contributed by atoms with van der Waals surface area (Å²) in [5.74, 6) is 0. The van der Waals surface area contributed by atoms with E-state index in [-0.39, 0.29) is 204 Å². The monoisotopic (exact) mass is 687 g/mol. The Bertz CT molecular complexity index is 11.5. The minimum atomic E-state index is 0. The third kappa shape index (κ3) is 22.4. The Balaban J connectivity index is 0. The molecule has 0 bridgehead atoms. The zero-order valence-electron chi connectivity index (χ0n) is 3.15. The van der Waals surface area contributed by atoms with Crippen LogP contribution in [0.5, 0.6) is 0 Å². The molecule has 6 heavy (non-hydrogen) atoms. The van der Waals surface area contributed by atoms with Crippen molar-refractivity contribution in [3.63, 3.8) is 0 Å². The zero-order chi connectivity index (χ0) is 0. The molecule has 0 aliphatic carbocycles. The van der Waals surface area contributed by atoms with Gasteiger partial charge in [0.2, 0.25) is 0 Å². The largest absolute Gasteiger partial charge is 0 e. The van der Waals surface area contributed by atoms with Crippen molar-refractivity contribution in [3.05, 3.63) is 0 Å². The third-order valence-electron chi connectivity index (χ3n) is 0. The van der Waals surface area contributed by atoms with Crippen LogP contribution in [0, 0.1) is 119 Å². The topological polar surface area (TPSA) is 0 Å². The maximum absolute atomic E-state index is 0. The van der Waals surface area contributed by atoms with E-state index in [1.165, 1.54) is 0 Å². The Morgan fingerprint density at radius 2 is 0.667 bits per heavy atom. The average Bonchev–Trinajstić information content (AvgIpc) is 0. The van der Waals surface area contributed by atoms with Gasteiger partial charge in [-0.1, -0.05) is 0 Å². The van der Waals surface area contributed by atoms with E-state index in [0.717, 1.165) is 0 Å². The molecule has 0 aliphatic heterocycles. The molecule has 2 radical (unpaired) electrons. The predicted octanol–water partition coefficient (Wildman–Crippen LogP) is -0.00750. The van der Waals surface area contributed by atoms with E-state index in [0.29, 0.717) is 0 Å². The molecule has 0 atom stereocenters. The van der Waals surface area contributed by atoms with Gasteiger partial charge in [0, 0.05) is 204 Å². The first-order valence-electron chi connectivity index (χ1n) is 0. The molecule has 0 N–H and O–H groups in total. The molecule has 0 rings (SSSR count). The summed E-state index contributed by atoms with van der Waals surface area (Å²) >= 11 is 0. The van der Waals surface area contributed by atoms with E-state index >= 15 is 0 Å². The van der Waals surface area contributed by atoms with Gasteiger partial charge < -0.3 is 0 Å². The van der Waals surface area contributed by atoms with Crippen LogP contribution in [0.1, 0.15) is 0 Å². The molecule has 0 saturated carbocycles. The summed E-state index contributed by atoms with van der Waals surface area (Å²) in [5, 5.41) is 0. The van der Waals surface area contributed by atoms with Gasteiger partial charge in [-0.05, 0) is 0 Å². The Labute approximate surface area is 197 Å². The molecule has 22 valence electrons. The van der Waals surface area contributed by atoms with E-state index in [4.69, 9.17) is 0 Å². The first-order valence-corrected chi connectivity index (χ1v) is 0. The molecule has 0 aromatic heterocycles. The summed E-state index contributed by atoms with van der Waals surface area (Å²) in [6.45, 7) is 0. The summed E-state index contributed by atoms with van der Waals surface area (Å²) in [7, 11) is 0. The molecule has 6 heteroatoms. The van der Waals surface area contributed by atoms with Crippen molar-refractivity contribution in [2.75, 3.05) is 0 Å². The van der Waals surface area contributed by atoms with Crippen LogP contribution in [0.4, 0.5) is 0 Å². The van der Waals surface area contributed by atoms with E-state index in [1.807, 2.05) is 0 Å². The van der Waals surface area contributed by atoms with Crippen molar-refractivity contribution in [3.8, 4) is 0 Å². The predicted molar refractivity (Wildman–Crippen MR) is 0 cm³/mol. The van der Waals surface area contributed by atoms with Crippen molar-refractivity contribution >= 4 is 0 Å². The van der Waals surface area contributed by atoms with Gasteiger partial charge in [0.15, 0.2) is 0 Å². The summed E-state index contributed by atoms with van der Waals surface area (Å²) in [5.41, 5.74) is 0. The Morgan fingerprint density at radius 1 is 0.667 bits per heavy atom. The minimum absolute atomic E-state index is 0. The van der Waals surface area contributed by atoms with E-state index in [2.05, 4.69) is 0 Å². The van der Waals surface area contributed by atoms with Crippen LogP contribution in [-0.2, 0) is 85.1 Å². The van der Waals surface area contributed by atoms with Crippen LogP contribution in [0.3, 0.4) is 0 Å². The third-order valence-corrected chi connectivity index (χ3v) is 0. The summed E-state index contributed by atoms with van der Waals surface area (Å²) < 4.78 is 0. The van der Waals surface area contributed by atoms with Crippen LogP contribution in [0.25, 0.3) is 0 Å². The average molecular weight is 690 g/mol. The molecule has 0 saturated heterocycles. The van der Waals surface area contributed by atoms with Gasteiger partial charge in [0.25, 0.3) is 0 Å². The van der Waals surface area contributed by atoms with Crippen molar-refractivity contribution in [2.24, 2.45) is 0 Å².